The highest BCUT2D eigenvalue weighted by Gasteiger charge is 2.25. The van der Waals surface area contributed by atoms with Crippen LogP contribution in [0.2, 0.25) is 5.02 Å². The third-order valence-electron chi connectivity index (χ3n) is 4.59. The van der Waals surface area contributed by atoms with Gasteiger partial charge in [0, 0.05) is 32.4 Å². The summed E-state index contributed by atoms with van der Waals surface area (Å²) < 4.78 is 18.5. The van der Waals surface area contributed by atoms with Gasteiger partial charge in [0.25, 0.3) is 5.91 Å². The van der Waals surface area contributed by atoms with Crippen LogP contribution in [0.3, 0.4) is 0 Å². The van der Waals surface area contributed by atoms with Gasteiger partial charge in [0.2, 0.25) is 11.8 Å². The first-order valence-electron chi connectivity index (χ1n) is 9.47. The summed E-state index contributed by atoms with van der Waals surface area (Å²) in [5.74, 6) is -0.245. The maximum Gasteiger partial charge on any atom is 0.255 e. The molecule has 1 fully saturated rings. The lowest BCUT2D eigenvalue weighted by Gasteiger charge is -2.35. The van der Waals surface area contributed by atoms with Crippen molar-refractivity contribution in [3.05, 3.63) is 58.5 Å². The van der Waals surface area contributed by atoms with Gasteiger partial charge in [-0.2, -0.15) is 0 Å². The van der Waals surface area contributed by atoms with Crippen molar-refractivity contribution in [3.8, 4) is 5.88 Å². The van der Waals surface area contributed by atoms with Gasteiger partial charge in [0.05, 0.1) is 18.1 Å². The van der Waals surface area contributed by atoms with E-state index in [2.05, 4.69) is 4.98 Å². The highest BCUT2D eigenvalue weighted by atomic mass is 35.5. The highest BCUT2D eigenvalue weighted by Crippen LogP contribution is 2.24. The fourth-order valence-corrected chi connectivity index (χ4v) is 3.29. The number of halogens is 2. The van der Waals surface area contributed by atoms with E-state index in [1.165, 1.54) is 18.3 Å². The van der Waals surface area contributed by atoms with Crippen molar-refractivity contribution in [2.75, 3.05) is 26.2 Å². The van der Waals surface area contributed by atoms with E-state index in [0.29, 0.717) is 37.6 Å². The van der Waals surface area contributed by atoms with Crippen molar-refractivity contribution in [3.63, 3.8) is 0 Å². The van der Waals surface area contributed by atoms with Crippen molar-refractivity contribution in [1.82, 2.24) is 14.8 Å². The van der Waals surface area contributed by atoms with Gasteiger partial charge in [-0.3, -0.25) is 9.59 Å². The predicted octanol–water partition coefficient (Wildman–Crippen LogP) is 3.19. The van der Waals surface area contributed by atoms with E-state index in [4.69, 9.17) is 16.3 Å². The van der Waals surface area contributed by atoms with Crippen molar-refractivity contribution in [2.24, 2.45) is 0 Å². The lowest BCUT2D eigenvalue weighted by Crippen LogP contribution is -2.51. The molecular formula is C21H23ClFN3O3. The average Bonchev–Trinajstić information content (AvgIpc) is 2.70. The molecule has 0 radical (unpaired) electrons. The number of carbonyl (C=O) groups excluding carboxylic acids is 2. The van der Waals surface area contributed by atoms with Gasteiger partial charge >= 0.3 is 0 Å². The standard InChI is InChI=1S/C21H23ClFN3O3/c1-14(2)29-20-18(22)12-16(13-24-20)21(28)26-9-7-25(8-10-26)19(27)11-15-3-5-17(23)6-4-15/h3-6,12-14H,7-11H2,1-2H3. The molecule has 0 unspecified atom stereocenters. The van der Waals surface area contributed by atoms with Gasteiger partial charge < -0.3 is 14.5 Å². The molecule has 1 aliphatic heterocycles. The Balaban J connectivity index is 1.55. The zero-order valence-corrected chi connectivity index (χ0v) is 17.2. The summed E-state index contributed by atoms with van der Waals surface area (Å²) in [6, 6.07) is 7.46. The Labute approximate surface area is 174 Å². The van der Waals surface area contributed by atoms with Gasteiger partial charge in [-0.1, -0.05) is 23.7 Å². The molecule has 3 rings (SSSR count). The molecule has 0 atom stereocenters. The Morgan fingerprint density at radius 3 is 2.34 bits per heavy atom. The van der Waals surface area contributed by atoms with E-state index in [9.17, 15) is 14.0 Å². The summed E-state index contributed by atoms with van der Waals surface area (Å²) in [6.07, 6.45) is 1.60. The first kappa shape index (κ1) is 21.0. The second-order valence-electron chi connectivity index (χ2n) is 7.15. The van der Waals surface area contributed by atoms with Gasteiger partial charge in [0.1, 0.15) is 10.8 Å². The Morgan fingerprint density at radius 2 is 1.76 bits per heavy atom. The monoisotopic (exact) mass is 419 g/mol. The van der Waals surface area contributed by atoms with Gasteiger partial charge in [-0.05, 0) is 37.6 Å². The number of ether oxygens (including phenoxy) is 1. The summed E-state index contributed by atoms with van der Waals surface area (Å²) in [6.45, 7) is 5.48. The molecule has 0 spiro atoms. The lowest BCUT2D eigenvalue weighted by molar-refractivity contribution is -0.131. The van der Waals surface area contributed by atoms with Crippen LogP contribution in [0.15, 0.2) is 36.5 Å². The number of pyridine rings is 1. The van der Waals surface area contributed by atoms with E-state index in [1.54, 1.807) is 28.0 Å². The van der Waals surface area contributed by atoms with Gasteiger partial charge in [-0.15, -0.1) is 0 Å². The molecule has 2 heterocycles. The van der Waals surface area contributed by atoms with E-state index < -0.39 is 0 Å². The Bertz CT molecular complexity index is 881. The highest BCUT2D eigenvalue weighted by molar-refractivity contribution is 6.32. The summed E-state index contributed by atoms with van der Waals surface area (Å²) >= 11 is 6.17. The number of aromatic nitrogens is 1. The molecule has 1 aromatic heterocycles. The Hall–Kier alpha value is -2.67. The number of hydrogen-bond donors (Lipinski definition) is 0. The van der Waals surface area contributed by atoms with Gasteiger partial charge in [-0.25, -0.2) is 9.37 Å². The van der Waals surface area contributed by atoms with Crippen LogP contribution >= 0.6 is 11.6 Å². The van der Waals surface area contributed by atoms with Crippen LogP contribution in [0, 0.1) is 5.82 Å². The van der Waals surface area contributed by atoms with Crippen LogP contribution in [-0.4, -0.2) is 58.9 Å². The van der Waals surface area contributed by atoms with Crippen molar-refractivity contribution < 1.29 is 18.7 Å². The summed E-state index contributed by atoms with van der Waals surface area (Å²) in [7, 11) is 0. The van der Waals surface area contributed by atoms with E-state index in [0.717, 1.165) is 5.56 Å². The molecule has 29 heavy (non-hydrogen) atoms. The van der Waals surface area contributed by atoms with E-state index in [1.807, 2.05) is 13.8 Å². The van der Waals surface area contributed by atoms with Gasteiger partial charge in [0.15, 0.2) is 0 Å². The van der Waals surface area contributed by atoms with Crippen LogP contribution in [-0.2, 0) is 11.2 Å². The summed E-state index contributed by atoms with van der Waals surface area (Å²) in [5.41, 5.74) is 1.15. The minimum Gasteiger partial charge on any atom is -0.474 e. The fourth-order valence-electron chi connectivity index (χ4n) is 3.08. The van der Waals surface area contributed by atoms with Crippen LogP contribution in [0.5, 0.6) is 5.88 Å². The number of amides is 2. The second kappa shape index (κ2) is 9.22. The van der Waals surface area contributed by atoms with E-state index in [-0.39, 0.29) is 35.2 Å². The van der Waals surface area contributed by atoms with Crippen molar-refractivity contribution in [2.45, 2.75) is 26.4 Å². The summed E-state index contributed by atoms with van der Waals surface area (Å²) in [4.78, 5) is 32.7. The minimum absolute atomic E-state index is 0.0383. The molecule has 0 aliphatic carbocycles. The Kier molecular flexibility index (Phi) is 6.69. The molecule has 0 N–H and O–H groups in total. The molecule has 1 aromatic carbocycles. The first-order chi connectivity index (χ1) is 13.8. The topological polar surface area (TPSA) is 62.7 Å². The molecule has 1 saturated heterocycles. The number of carbonyl (C=O) groups is 2. The maximum atomic E-state index is 13.0. The second-order valence-corrected chi connectivity index (χ2v) is 7.56. The number of hydrogen-bond acceptors (Lipinski definition) is 4. The molecule has 8 heteroatoms. The van der Waals surface area contributed by atoms with Crippen molar-refractivity contribution >= 4 is 23.4 Å². The van der Waals surface area contributed by atoms with Crippen LogP contribution in [0.1, 0.15) is 29.8 Å². The molecule has 2 amide bonds. The molecule has 6 nitrogen and oxygen atoms in total. The minimum atomic E-state index is -0.327. The molecular weight excluding hydrogens is 397 g/mol. The fraction of sp³-hybridized carbons (Fsp3) is 0.381. The van der Waals surface area contributed by atoms with Crippen LogP contribution < -0.4 is 4.74 Å². The number of rotatable bonds is 5. The zero-order valence-electron chi connectivity index (χ0n) is 16.4. The number of nitrogens with zero attached hydrogens (tertiary/aromatic N) is 3. The normalized spacial score (nSPS) is 14.2. The molecule has 0 saturated carbocycles. The Morgan fingerprint density at radius 1 is 1.14 bits per heavy atom. The summed E-state index contributed by atoms with van der Waals surface area (Å²) in [5, 5.41) is 0.290. The van der Waals surface area contributed by atoms with E-state index >= 15 is 0 Å². The molecule has 154 valence electrons. The third-order valence-corrected chi connectivity index (χ3v) is 4.86. The zero-order chi connectivity index (χ0) is 21.0. The molecule has 2 aromatic rings. The first-order valence-corrected chi connectivity index (χ1v) is 9.85. The molecule has 0 bridgehead atoms. The van der Waals surface area contributed by atoms with Crippen LogP contribution in [0.25, 0.3) is 0 Å². The average molecular weight is 420 g/mol. The van der Waals surface area contributed by atoms with Crippen molar-refractivity contribution in [1.29, 1.82) is 0 Å². The third kappa shape index (κ3) is 5.44. The predicted molar refractivity (Wildman–Crippen MR) is 108 cm³/mol. The smallest absolute Gasteiger partial charge is 0.255 e. The quantitative estimate of drug-likeness (QED) is 0.746. The number of benzene rings is 1. The SMILES string of the molecule is CC(C)Oc1ncc(C(=O)N2CCN(C(=O)Cc3ccc(F)cc3)CC2)cc1Cl. The maximum absolute atomic E-state index is 13.0. The number of piperazine rings is 1. The molecule has 1 aliphatic rings. The largest absolute Gasteiger partial charge is 0.474 e. The lowest BCUT2D eigenvalue weighted by atomic mass is 10.1. The van der Waals surface area contributed by atoms with Crippen LogP contribution in [0.4, 0.5) is 4.39 Å².